The summed E-state index contributed by atoms with van der Waals surface area (Å²) in [6, 6.07) is 1.66. The quantitative estimate of drug-likeness (QED) is 0.910. The van der Waals surface area contributed by atoms with Crippen LogP contribution in [-0.2, 0) is 5.41 Å². The molecule has 3 nitrogen and oxygen atoms in total. The lowest BCUT2D eigenvalue weighted by molar-refractivity contribution is 0.170. The first kappa shape index (κ1) is 11.7. The van der Waals surface area contributed by atoms with Crippen molar-refractivity contribution in [2.75, 3.05) is 13.4 Å². The third kappa shape index (κ3) is 1.68. The zero-order valence-electron chi connectivity index (χ0n) is 9.01. The maximum atomic E-state index is 14.2. The van der Waals surface area contributed by atoms with Crippen LogP contribution < -0.4 is 9.47 Å². The average Bonchev–Trinajstić information content (AvgIpc) is 2.65. The van der Waals surface area contributed by atoms with E-state index >= 15 is 0 Å². The van der Waals surface area contributed by atoms with Gasteiger partial charge in [-0.05, 0) is 6.07 Å². The summed E-state index contributed by atoms with van der Waals surface area (Å²) in [5, 5.41) is 9.29. The summed E-state index contributed by atoms with van der Waals surface area (Å²) in [5.41, 5.74) is -0.275. The monoisotopic (exact) mass is 290 g/mol. The van der Waals surface area contributed by atoms with E-state index < -0.39 is 11.2 Å². The second-order valence-corrected chi connectivity index (χ2v) is 5.18. The number of hydrogen-bond acceptors (Lipinski definition) is 3. The highest BCUT2D eigenvalue weighted by atomic mass is 79.9. The molecule has 0 aliphatic carbocycles. The average molecular weight is 291 g/mol. The highest BCUT2D eigenvalue weighted by Gasteiger charge is 2.32. The minimum Gasteiger partial charge on any atom is -0.453 e. The number of aliphatic hydroxyl groups is 1. The van der Waals surface area contributed by atoms with Gasteiger partial charge >= 0.3 is 0 Å². The Morgan fingerprint density at radius 1 is 1.50 bits per heavy atom. The van der Waals surface area contributed by atoms with Crippen molar-refractivity contribution in [3.05, 3.63) is 21.9 Å². The van der Waals surface area contributed by atoms with Gasteiger partial charge in [0, 0.05) is 15.5 Å². The van der Waals surface area contributed by atoms with E-state index in [1.165, 1.54) is 0 Å². The van der Waals surface area contributed by atoms with E-state index in [1.807, 2.05) is 0 Å². The van der Waals surface area contributed by atoms with Gasteiger partial charge in [-0.1, -0.05) is 29.8 Å². The Hall–Kier alpha value is -0.810. The van der Waals surface area contributed by atoms with Crippen LogP contribution in [0.3, 0.4) is 0 Å². The fourth-order valence-electron chi connectivity index (χ4n) is 1.67. The Bertz CT molecular complexity index is 432. The van der Waals surface area contributed by atoms with Crippen LogP contribution in [0.25, 0.3) is 0 Å². The van der Waals surface area contributed by atoms with Gasteiger partial charge in [-0.15, -0.1) is 0 Å². The van der Waals surface area contributed by atoms with Crippen molar-refractivity contribution in [3.63, 3.8) is 0 Å². The summed E-state index contributed by atoms with van der Waals surface area (Å²) in [7, 11) is 0. The number of fused-ring (bicyclic) bond motifs is 1. The van der Waals surface area contributed by atoms with Crippen LogP contribution in [0.15, 0.2) is 10.5 Å². The van der Waals surface area contributed by atoms with E-state index in [2.05, 4.69) is 15.9 Å². The smallest absolute Gasteiger partial charge is 0.231 e. The van der Waals surface area contributed by atoms with Gasteiger partial charge in [0.25, 0.3) is 0 Å². The van der Waals surface area contributed by atoms with Crippen LogP contribution >= 0.6 is 15.9 Å². The van der Waals surface area contributed by atoms with E-state index in [4.69, 9.17) is 9.47 Å². The number of aliphatic hydroxyl groups excluding tert-OH is 1. The molecule has 0 saturated carbocycles. The van der Waals surface area contributed by atoms with Crippen molar-refractivity contribution in [2.45, 2.75) is 19.3 Å². The molecule has 0 radical (unpaired) electrons. The fourth-order valence-corrected chi connectivity index (χ4v) is 2.59. The number of ether oxygens (including phenoxy) is 2. The van der Waals surface area contributed by atoms with Gasteiger partial charge in [-0.2, -0.15) is 0 Å². The third-order valence-electron chi connectivity index (χ3n) is 2.63. The molecule has 1 heterocycles. The number of hydrogen-bond donors (Lipinski definition) is 1. The molecule has 0 atom stereocenters. The molecular weight excluding hydrogens is 279 g/mol. The first-order chi connectivity index (χ1) is 7.47. The maximum Gasteiger partial charge on any atom is 0.231 e. The van der Waals surface area contributed by atoms with Crippen LogP contribution in [0, 0.1) is 5.82 Å². The van der Waals surface area contributed by atoms with Crippen LogP contribution in [0.5, 0.6) is 11.5 Å². The van der Waals surface area contributed by atoms with Crippen LogP contribution in [0.4, 0.5) is 4.39 Å². The molecule has 1 aromatic rings. The molecule has 0 spiro atoms. The topological polar surface area (TPSA) is 38.7 Å². The van der Waals surface area contributed by atoms with Gasteiger partial charge in [-0.25, -0.2) is 4.39 Å². The second kappa shape index (κ2) is 3.89. The van der Waals surface area contributed by atoms with Crippen molar-refractivity contribution in [2.24, 2.45) is 0 Å². The Morgan fingerprint density at radius 2 is 2.19 bits per heavy atom. The Morgan fingerprint density at radius 3 is 2.81 bits per heavy atom. The summed E-state index contributed by atoms with van der Waals surface area (Å²) >= 11 is 3.29. The normalized spacial score (nSPS) is 14.3. The standard InChI is InChI=1S/C11H12BrFO3/c1-11(2,4-14)8-6(12)3-7-10(9(8)13)16-5-15-7/h3,14H,4-5H2,1-2H3. The molecule has 0 saturated heterocycles. The second-order valence-electron chi connectivity index (χ2n) is 4.32. The molecule has 1 N–H and O–H groups in total. The van der Waals surface area contributed by atoms with Crippen molar-refractivity contribution in [3.8, 4) is 11.5 Å². The molecule has 0 bridgehead atoms. The highest BCUT2D eigenvalue weighted by molar-refractivity contribution is 9.10. The Balaban J connectivity index is 2.63. The van der Waals surface area contributed by atoms with Gasteiger partial charge in [0.2, 0.25) is 12.5 Å². The third-order valence-corrected chi connectivity index (χ3v) is 3.25. The van der Waals surface area contributed by atoms with Crippen LogP contribution in [0.2, 0.25) is 0 Å². The zero-order valence-corrected chi connectivity index (χ0v) is 10.6. The van der Waals surface area contributed by atoms with Crippen LogP contribution in [0.1, 0.15) is 19.4 Å². The molecule has 0 unspecified atom stereocenters. The van der Waals surface area contributed by atoms with E-state index in [9.17, 15) is 9.50 Å². The lowest BCUT2D eigenvalue weighted by atomic mass is 9.85. The zero-order chi connectivity index (χ0) is 11.9. The molecule has 0 fully saturated rings. The first-order valence-electron chi connectivity index (χ1n) is 4.86. The van der Waals surface area contributed by atoms with Crippen molar-refractivity contribution in [1.29, 1.82) is 0 Å². The van der Waals surface area contributed by atoms with E-state index in [0.29, 0.717) is 15.8 Å². The molecule has 0 aromatic heterocycles. The molecule has 1 aromatic carbocycles. The molecule has 5 heteroatoms. The SMILES string of the molecule is CC(C)(CO)c1c(Br)cc2c(c1F)OCO2. The van der Waals surface area contributed by atoms with Crippen molar-refractivity contribution in [1.82, 2.24) is 0 Å². The van der Waals surface area contributed by atoms with Gasteiger partial charge in [-0.3, -0.25) is 0 Å². The molecule has 0 amide bonds. The number of benzene rings is 1. The summed E-state index contributed by atoms with van der Waals surface area (Å²) < 4.78 is 24.9. The summed E-state index contributed by atoms with van der Waals surface area (Å²) in [5.74, 6) is 0.0440. The van der Waals surface area contributed by atoms with Gasteiger partial charge in [0.05, 0.1) is 6.61 Å². The number of rotatable bonds is 2. The summed E-state index contributed by atoms with van der Waals surface area (Å²) in [4.78, 5) is 0. The molecule has 16 heavy (non-hydrogen) atoms. The molecule has 88 valence electrons. The minimum absolute atomic E-state index is 0.0295. The maximum absolute atomic E-state index is 14.2. The predicted octanol–water partition coefficient (Wildman–Crippen LogP) is 2.59. The van der Waals surface area contributed by atoms with Gasteiger partial charge < -0.3 is 14.6 Å². The molecule has 2 rings (SSSR count). The van der Waals surface area contributed by atoms with Crippen molar-refractivity contribution >= 4 is 15.9 Å². The summed E-state index contributed by atoms with van der Waals surface area (Å²) in [6.45, 7) is 3.40. The molecular formula is C11H12BrFO3. The van der Waals surface area contributed by atoms with Crippen LogP contribution in [-0.4, -0.2) is 18.5 Å². The Labute approximate surface area is 101 Å². The molecule has 1 aliphatic rings. The van der Waals surface area contributed by atoms with E-state index in [-0.39, 0.29) is 19.1 Å². The lowest BCUT2D eigenvalue weighted by Crippen LogP contribution is -2.24. The largest absolute Gasteiger partial charge is 0.453 e. The van der Waals surface area contributed by atoms with E-state index in [1.54, 1.807) is 19.9 Å². The lowest BCUT2D eigenvalue weighted by Gasteiger charge is -2.24. The predicted molar refractivity (Wildman–Crippen MR) is 60.3 cm³/mol. The van der Waals surface area contributed by atoms with Crippen molar-refractivity contribution < 1.29 is 19.0 Å². The van der Waals surface area contributed by atoms with E-state index in [0.717, 1.165) is 0 Å². The van der Waals surface area contributed by atoms with Gasteiger partial charge in [0.15, 0.2) is 11.6 Å². The summed E-state index contributed by atoms with van der Waals surface area (Å²) in [6.07, 6.45) is 0. The molecule has 1 aliphatic heterocycles. The fraction of sp³-hybridized carbons (Fsp3) is 0.455. The first-order valence-corrected chi connectivity index (χ1v) is 5.65. The highest BCUT2D eigenvalue weighted by Crippen LogP contribution is 2.44. The number of halogens is 2. The van der Waals surface area contributed by atoms with Gasteiger partial charge in [0.1, 0.15) is 0 Å². The minimum atomic E-state index is -0.677. The Kier molecular flexibility index (Phi) is 2.84.